The van der Waals surface area contributed by atoms with E-state index in [1.807, 2.05) is 11.3 Å². The predicted octanol–water partition coefficient (Wildman–Crippen LogP) is 4.91. The second kappa shape index (κ2) is 6.52. The van der Waals surface area contributed by atoms with Crippen LogP contribution in [0.25, 0.3) is 10.2 Å². The van der Waals surface area contributed by atoms with Crippen LogP contribution in [-0.4, -0.2) is 21.5 Å². The van der Waals surface area contributed by atoms with E-state index in [0.717, 1.165) is 34.4 Å². The zero-order valence-electron chi connectivity index (χ0n) is 14.3. The van der Waals surface area contributed by atoms with Gasteiger partial charge in [0.15, 0.2) is 0 Å². The number of nitrogens with zero attached hydrogens (tertiary/aromatic N) is 2. The SMILES string of the molecule is CC(=O)CCSc1ncnc2sc3c(c12)CCC(C(C)(C)C)C3. The molecule has 2 aromatic heterocycles. The second-order valence-electron chi connectivity index (χ2n) is 7.47. The summed E-state index contributed by atoms with van der Waals surface area (Å²) in [6.07, 6.45) is 5.81. The van der Waals surface area contributed by atoms with E-state index in [2.05, 4.69) is 30.7 Å². The first-order valence-corrected chi connectivity index (χ1v) is 10.0. The third kappa shape index (κ3) is 3.61. The quantitative estimate of drug-likeness (QED) is 0.581. The summed E-state index contributed by atoms with van der Waals surface area (Å²) in [4.78, 5) is 22.8. The third-order valence-electron chi connectivity index (χ3n) is 4.73. The van der Waals surface area contributed by atoms with Crippen LogP contribution in [0.5, 0.6) is 0 Å². The van der Waals surface area contributed by atoms with E-state index in [-0.39, 0.29) is 5.78 Å². The average Bonchev–Trinajstić information content (AvgIpc) is 2.84. The molecule has 5 heteroatoms. The molecule has 23 heavy (non-hydrogen) atoms. The van der Waals surface area contributed by atoms with Gasteiger partial charge in [0.25, 0.3) is 0 Å². The second-order valence-corrected chi connectivity index (χ2v) is 9.64. The van der Waals surface area contributed by atoms with Crippen molar-refractivity contribution >= 4 is 39.1 Å². The van der Waals surface area contributed by atoms with Crippen LogP contribution in [0.3, 0.4) is 0 Å². The van der Waals surface area contributed by atoms with Gasteiger partial charge in [0.2, 0.25) is 0 Å². The topological polar surface area (TPSA) is 42.9 Å². The van der Waals surface area contributed by atoms with Crippen molar-refractivity contribution < 1.29 is 4.79 Å². The number of ketones is 1. The van der Waals surface area contributed by atoms with Crippen molar-refractivity contribution in [3.05, 3.63) is 16.8 Å². The highest BCUT2D eigenvalue weighted by atomic mass is 32.2. The summed E-state index contributed by atoms with van der Waals surface area (Å²) in [7, 11) is 0. The number of carbonyl (C=O) groups excluding carboxylic acids is 1. The zero-order chi connectivity index (χ0) is 16.6. The first-order valence-electron chi connectivity index (χ1n) is 8.23. The normalized spacial score (nSPS) is 18.2. The van der Waals surface area contributed by atoms with Crippen LogP contribution in [0, 0.1) is 11.3 Å². The van der Waals surface area contributed by atoms with Crippen LogP contribution < -0.4 is 0 Å². The Morgan fingerprint density at radius 1 is 1.39 bits per heavy atom. The lowest BCUT2D eigenvalue weighted by atomic mass is 9.72. The van der Waals surface area contributed by atoms with Gasteiger partial charge >= 0.3 is 0 Å². The van der Waals surface area contributed by atoms with Crippen LogP contribution in [0.1, 0.15) is 51.0 Å². The number of rotatable bonds is 4. The molecule has 0 amide bonds. The minimum absolute atomic E-state index is 0.239. The molecule has 1 aliphatic carbocycles. The molecule has 0 radical (unpaired) electrons. The zero-order valence-corrected chi connectivity index (χ0v) is 15.9. The molecule has 1 unspecified atom stereocenters. The number of hydrogen-bond acceptors (Lipinski definition) is 5. The van der Waals surface area contributed by atoms with Crippen LogP contribution in [0.4, 0.5) is 0 Å². The Balaban J connectivity index is 1.91. The van der Waals surface area contributed by atoms with Gasteiger partial charge in [-0.25, -0.2) is 9.97 Å². The maximum atomic E-state index is 11.2. The molecule has 0 spiro atoms. The number of Topliss-reactive ketones (excluding diaryl/α,β-unsaturated/α-hetero) is 1. The summed E-state index contributed by atoms with van der Waals surface area (Å²) >= 11 is 3.54. The van der Waals surface area contributed by atoms with Crippen LogP contribution in [-0.2, 0) is 17.6 Å². The molecule has 1 aliphatic rings. The highest BCUT2D eigenvalue weighted by Crippen LogP contribution is 2.44. The Bertz CT molecular complexity index is 730. The van der Waals surface area contributed by atoms with Crippen molar-refractivity contribution in [2.45, 2.75) is 58.4 Å². The maximum absolute atomic E-state index is 11.2. The first kappa shape index (κ1) is 16.9. The van der Waals surface area contributed by atoms with E-state index >= 15 is 0 Å². The van der Waals surface area contributed by atoms with Crippen LogP contribution in [0.2, 0.25) is 0 Å². The van der Waals surface area contributed by atoms with Gasteiger partial charge in [-0.15, -0.1) is 23.1 Å². The predicted molar refractivity (Wildman–Crippen MR) is 98.4 cm³/mol. The van der Waals surface area contributed by atoms with Crippen LogP contribution >= 0.6 is 23.1 Å². The maximum Gasteiger partial charge on any atom is 0.130 e. The number of fused-ring (bicyclic) bond motifs is 3. The minimum Gasteiger partial charge on any atom is -0.300 e. The van der Waals surface area contributed by atoms with Gasteiger partial charge in [-0.3, -0.25) is 4.79 Å². The van der Waals surface area contributed by atoms with Gasteiger partial charge < -0.3 is 0 Å². The van der Waals surface area contributed by atoms with Crippen molar-refractivity contribution in [3.8, 4) is 0 Å². The van der Waals surface area contributed by atoms with E-state index in [0.29, 0.717) is 11.8 Å². The molecule has 0 saturated carbocycles. The number of thioether (sulfide) groups is 1. The molecular formula is C18H24N2OS2. The van der Waals surface area contributed by atoms with Gasteiger partial charge in [0.1, 0.15) is 22.0 Å². The number of hydrogen-bond donors (Lipinski definition) is 0. The Kier molecular flexibility index (Phi) is 4.79. The lowest BCUT2D eigenvalue weighted by molar-refractivity contribution is -0.116. The number of aromatic nitrogens is 2. The summed E-state index contributed by atoms with van der Waals surface area (Å²) in [5.74, 6) is 1.78. The van der Waals surface area contributed by atoms with E-state index in [9.17, 15) is 4.79 Å². The first-order chi connectivity index (χ1) is 10.9. The van der Waals surface area contributed by atoms with E-state index < -0.39 is 0 Å². The van der Waals surface area contributed by atoms with Crippen molar-refractivity contribution in [3.63, 3.8) is 0 Å². The van der Waals surface area contributed by atoms with Crippen molar-refractivity contribution in [2.24, 2.45) is 11.3 Å². The highest BCUT2D eigenvalue weighted by Gasteiger charge is 2.31. The lowest BCUT2D eigenvalue weighted by Crippen LogP contribution is -2.26. The van der Waals surface area contributed by atoms with E-state index in [1.54, 1.807) is 25.0 Å². The number of aryl methyl sites for hydroxylation is 1. The molecule has 0 saturated heterocycles. The highest BCUT2D eigenvalue weighted by molar-refractivity contribution is 7.99. The van der Waals surface area contributed by atoms with E-state index in [4.69, 9.17) is 0 Å². The summed E-state index contributed by atoms with van der Waals surface area (Å²) in [5, 5.41) is 2.32. The van der Waals surface area contributed by atoms with Gasteiger partial charge in [-0.2, -0.15) is 0 Å². The van der Waals surface area contributed by atoms with Gasteiger partial charge in [0.05, 0.1) is 0 Å². The molecule has 2 aromatic rings. The molecule has 3 nitrogen and oxygen atoms in total. The molecule has 124 valence electrons. The molecule has 0 aromatic carbocycles. The Morgan fingerprint density at radius 3 is 2.87 bits per heavy atom. The van der Waals surface area contributed by atoms with Crippen LogP contribution in [0.15, 0.2) is 11.4 Å². The summed E-state index contributed by atoms with van der Waals surface area (Å²) in [5.41, 5.74) is 1.83. The fourth-order valence-corrected chi connectivity index (χ4v) is 5.62. The van der Waals surface area contributed by atoms with Gasteiger partial charge in [0, 0.05) is 22.4 Å². The number of thiophene rings is 1. The summed E-state index contributed by atoms with van der Waals surface area (Å²) in [6.45, 7) is 8.69. The molecule has 2 heterocycles. The molecule has 0 fully saturated rings. The third-order valence-corrected chi connectivity index (χ3v) is 6.88. The Labute approximate surface area is 146 Å². The molecule has 0 aliphatic heterocycles. The molecule has 0 bridgehead atoms. The molecular weight excluding hydrogens is 324 g/mol. The fraction of sp³-hybridized carbons (Fsp3) is 0.611. The van der Waals surface area contributed by atoms with Gasteiger partial charge in [-0.05, 0) is 43.1 Å². The number of carbonyl (C=O) groups is 1. The fourth-order valence-electron chi connectivity index (χ4n) is 3.22. The Morgan fingerprint density at radius 2 is 2.17 bits per heavy atom. The van der Waals surface area contributed by atoms with Crippen molar-refractivity contribution in [1.82, 2.24) is 9.97 Å². The standard InChI is InChI=1S/C18H24N2OS2/c1-11(21)7-8-22-16-15-13-6-5-12(18(2,3)4)9-14(13)23-17(15)20-10-19-16/h10,12H,5-9H2,1-4H3. The van der Waals surface area contributed by atoms with Crippen molar-refractivity contribution in [1.29, 1.82) is 0 Å². The van der Waals surface area contributed by atoms with Gasteiger partial charge in [-0.1, -0.05) is 20.8 Å². The lowest BCUT2D eigenvalue weighted by Gasteiger charge is -2.33. The molecule has 1 atom stereocenters. The Hall–Kier alpha value is -0.940. The smallest absolute Gasteiger partial charge is 0.130 e. The van der Waals surface area contributed by atoms with E-state index in [1.165, 1.54) is 22.2 Å². The summed E-state index contributed by atoms with van der Waals surface area (Å²) < 4.78 is 0. The minimum atomic E-state index is 0.239. The van der Waals surface area contributed by atoms with Crippen molar-refractivity contribution in [2.75, 3.05) is 5.75 Å². The molecule has 3 rings (SSSR count). The average molecular weight is 349 g/mol. The summed E-state index contributed by atoms with van der Waals surface area (Å²) in [6, 6.07) is 0. The largest absolute Gasteiger partial charge is 0.300 e. The monoisotopic (exact) mass is 348 g/mol. The molecule has 0 N–H and O–H groups in total.